The topological polar surface area (TPSA) is 28.7 Å². The molecule has 0 aliphatic carbocycles. The van der Waals surface area contributed by atoms with Crippen LogP contribution in [0.25, 0.3) is 11.0 Å². The summed E-state index contributed by atoms with van der Waals surface area (Å²) in [7, 11) is 0. The number of imidazole rings is 1. The van der Waals surface area contributed by atoms with Crippen molar-refractivity contribution in [2.75, 3.05) is 0 Å². The van der Waals surface area contributed by atoms with Gasteiger partial charge in [-0.05, 0) is 23.6 Å². The Bertz CT molecular complexity index is 526. The Kier molecular flexibility index (Phi) is 2.85. The highest BCUT2D eigenvalue weighted by atomic mass is 19.4. The van der Waals surface area contributed by atoms with Gasteiger partial charge in [-0.1, -0.05) is 19.9 Å². The maximum atomic E-state index is 12.2. The summed E-state index contributed by atoms with van der Waals surface area (Å²) in [6.07, 6.45) is -5.24. The van der Waals surface area contributed by atoms with E-state index in [2.05, 4.69) is 9.97 Å². The predicted molar refractivity (Wildman–Crippen MR) is 59.9 cm³/mol. The van der Waals surface area contributed by atoms with Crippen molar-refractivity contribution in [1.82, 2.24) is 9.97 Å². The van der Waals surface area contributed by atoms with Gasteiger partial charge in [0.15, 0.2) is 0 Å². The van der Waals surface area contributed by atoms with E-state index in [0.717, 1.165) is 5.56 Å². The van der Waals surface area contributed by atoms with Crippen LogP contribution in [0.3, 0.4) is 0 Å². The molecule has 1 N–H and O–H groups in total. The Morgan fingerprint density at radius 3 is 2.59 bits per heavy atom. The van der Waals surface area contributed by atoms with Crippen LogP contribution in [0.1, 0.15) is 31.2 Å². The summed E-state index contributed by atoms with van der Waals surface area (Å²) >= 11 is 0. The number of halogens is 3. The highest BCUT2D eigenvalue weighted by Gasteiger charge is 2.29. The molecule has 0 unspecified atom stereocenters. The molecule has 0 fully saturated rings. The normalized spacial score (nSPS) is 12.6. The smallest absolute Gasteiger partial charge is 0.342 e. The van der Waals surface area contributed by atoms with Gasteiger partial charge in [-0.25, -0.2) is 4.98 Å². The lowest BCUT2D eigenvalue weighted by atomic mass is 10.0. The highest BCUT2D eigenvalue weighted by molar-refractivity contribution is 5.76. The van der Waals surface area contributed by atoms with Crippen molar-refractivity contribution in [3.8, 4) is 0 Å². The molecule has 2 aromatic rings. The fourth-order valence-electron chi connectivity index (χ4n) is 1.71. The molecule has 5 heteroatoms. The van der Waals surface area contributed by atoms with E-state index in [4.69, 9.17) is 0 Å². The Labute approximate surface area is 96.9 Å². The number of aromatic amines is 1. The number of hydrogen-bond donors (Lipinski definition) is 1. The summed E-state index contributed by atoms with van der Waals surface area (Å²) in [5.41, 5.74) is 2.31. The molecule has 1 aromatic carbocycles. The number of alkyl halides is 3. The van der Waals surface area contributed by atoms with Crippen molar-refractivity contribution in [1.29, 1.82) is 0 Å². The lowest BCUT2D eigenvalue weighted by molar-refractivity contribution is -0.128. The summed E-state index contributed by atoms with van der Waals surface area (Å²) in [6, 6.07) is 5.51. The fraction of sp³-hybridized carbons (Fsp3) is 0.417. The molecule has 1 aromatic heterocycles. The van der Waals surface area contributed by atoms with Crippen molar-refractivity contribution in [2.45, 2.75) is 32.4 Å². The molecule has 0 saturated carbocycles. The van der Waals surface area contributed by atoms with Gasteiger partial charge in [-0.2, -0.15) is 13.2 Å². The minimum Gasteiger partial charge on any atom is -0.342 e. The molecule has 1 heterocycles. The Balaban J connectivity index is 2.37. The van der Waals surface area contributed by atoms with Crippen molar-refractivity contribution in [2.24, 2.45) is 0 Å². The number of nitrogens with zero attached hydrogens (tertiary/aromatic N) is 1. The van der Waals surface area contributed by atoms with E-state index in [0.29, 0.717) is 17.0 Å². The van der Waals surface area contributed by atoms with E-state index in [1.807, 2.05) is 26.0 Å². The first-order valence-electron chi connectivity index (χ1n) is 5.40. The van der Waals surface area contributed by atoms with E-state index in [1.54, 1.807) is 6.07 Å². The summed E-state index contributed by atoms with van der Waals surface area (Å²) in [4.78, 5) is 6.65. The molecular weight excluding hydrogens is 229 g/mol. The average molecular weight is 242 g/mol. The van der Waals surface area contributed by atoms with Crippen molar-refractivity contribution in [3.63, 3.8) is 0 Å². The third-order valence-electron chi connectivity index (χ3n) is 2.59. The molecule has 0 radical (unpaired) electrons. The first-order chi connectivity index (χ1) is 7.85. The predicted octanol–water partition coefficient (Wildman–Crippen LogP) is 3.79. The van der Waals surface area contributed by atoms with Crippen molar-refractivity contribution in [3.05, 3.63) is 29.6 Å². The Hall–Kier alpha value is -1.52. The van der Waals surface area contributed by atoms with Gasteiger partial charge in [0, 0.05) is 0 Å². The zero-order valence-corrected chi connectivity index (χ0v) is 9.60. The van der Waals surface area contributed by atoms with Crippen LogP contribution < -0.4 is 0 Å². The van der Waals surface area contributed by atoms with Crippen LogP contribution >= 0.6 is 0 Å². The van der Waals surface area contributed by atoms with E-state index in [9.17, 15) is 13.2 Å². The number of rotatable bonds is 2. The molecule has 0 spiro atoms. The molecular formula is C12H13F3N2. The van der Waals surface area contributed by atoms with E-state index >= 15 is 0 Å². The summed E-state index contributed by atoms with van der Waals surface area (Å²) in [5, 5.41) is 0. The number of fused-ring (bicyclic) bond motifs is 1. The van der Waals surface area contributed by atoms with E-state index in [1.165, 1.54) is 0 Å². The average Bonchev–Trinajstić information content (AvgIpc) is 2.54. The Morgan fingerprint density at radius 2 is 2.00 bits per heavy atom. The molecule has 17 heavy (non-hydrogen) atoms. The highest BCUT2D eigenvalue weighted by Crippen LogP contribution is 2.23. The lowest BCUT2D eigenvalue weighted by Gasteiger charge is -2.03. The van der Waals surface area contributed by atoms with Crippen LogP contribution in [0, 0.1) is 0 Å². The molecule has 2 rings (SSSR count). The second-order valence-electron chi connectivity index (χ2n) is 4.41. The fourth-order valence-corrected chi connectivity index (χ4v) is 1.71. The minimum absolute atomic E-state index is 0.0339. The van der Waals surface area contributed by atoms with Crippen LogP contribution in [0.2, 0.25) is 0 Å². The molecule has 0 atom stereocenters. The van der Waals surface area contributed by atoms with Crippen LogP contribution in [0.4, 0.5) is 13.2 Å². The van der Waals surface area contributed by atoms with Crippen LogP contribution in [0.15, 0.2) is 18.2 Å². The SMILES string of the molecule is CC(C)c1ccc2[nH]c(CC(F)(F)F)nc2c1. The number of hydrogen-bond acceptors (Lipinski definition) is 1. The van der Waals surface area contributed by atoms with Gasteiger partial charge in [0.1, 0.15) is 12.2 Å². The first kappa shape index (κ1) is 12.0. The van der Waals surface area contributed by atoms with Crippen LogP contribution in [-0.2, 0) is 6.42 Å². The number of nitrogens with one attached hydrogen (secondary N) is 1. The van der Waals surface area contributed by atoms with Gasteiger partial charge >= 0.3 is 6.18 Å². The zero-order chi connectivity index (χ0) is 12.6. The molecule has 0 amide bonds. The largest absolute Gasteiger partial charge is 0.396 e. The number of H-pyrrole nitrogens is 1. The maximum absolute atomic E-state index is 12.2. The minimum atomic E-state index is -4.23. The third-order valence-corrected chi connectivity index (χ3v) is 2.59. The van der Waals surface area contributed by atoms with Gasteiger partial charge in [0.2, 0.25) is 0 Å². The van der Waals surface area contributed by atoms with Gasteiger partial charge in [-0.15, -0.1) is 0 Å². The molecule has 2 nitrogen and oxygen atoms in total. The third kappa shape index (κ3) is 2.78. The quantitative estimate of drug-likeness (QED) is 0.852. The first-order valence-corrected chi connectivity index (χ1v) is 5.40. The van der Waals surface area contributed by atoms with Crippen molar-refractivity contribution >= 4 is 11.0 Å². The van der Waals surface area contributed by atoms with Gasteiger partial charge < -0.3 is 4.98 Å². The maximum Gasteiger partial charge on any atom is 0.396 e. The van der Waals surface area contributed by atoms with Crippen LogP contribution in [0.5, 0.6) is 0 Å². The molecule has 0 saturated heterocycles. The van der Waals surface area contributed by atoms with E-state index < -0.39 is 12.6 Å². The standard InChI is InChI=1S/C12H13F3N2/c1-7(2)8-3-4-9-10(5-8)17-11(16-9)6-12(13,14)15/h3-5,7H,6H2,1-2H3,(H,16,17). The Morgan fingerprint density at radius 1 is 1.29 bits per heavy atom. The number of aromatic nitrogens is 2. The summed E-state index contributed by atoms with van der Waals surface area (Å²) < 4.78 is 36.7. The number of benzene rings is 1. The lowest BCUT2D eigenvalue weighted by Crippen LogP contribution is -2.12. The van der Waals surface area contributed by atoms with Gasteiger partial charge in [-0.3, -0.25) is 0 Å². The van der Waals surface area contributed by atoms with Crippen LogP contribution in [-0.4, -0.2) is 16.1 Å². The monoisotopic (exact) mass is 242 g/mol. The molecule has 0 bridgehead atoms. The second-order valence-corrected chi connectivity index (χ2v) is 4.41. The summed E-state index contributed by atoms with van der Waals surface area (Å²) in [5.74, 6) is 0.301. The molecule has 92 valence electrons. The summed E-state index contributed by atoms with van der Waals surface area (Å²) in [6.45, 7) is 4.06. The molecule has 0 aliphatic rings. The second kappa shape index (κ2) is 4.05. The zero-order valence-electron chi connectivity index (χ0n) is 9.60. The van der Waals surface area contributed by atoms with E-state index in [-0.39, 0.29) is 5.82 Å². The van der Waals surface area contributed by atoms with Crippen molar-refractivity contribution < 1.29 is 13.2 Å². The van der Waals surface area contributed by atoms with Gasteiger partial charge in [0.05, 0.1) is 11.0 Å². The molecule has 0 aliphatic heterocycles. The van der Waals surface area contributed by atoms with Gasteiger partial charge in [0.25, 0.3) is 0 Å².